The van der Waals surface area contributed by atoms with Gasteiger partial charge in [0.15, 0.2) is 6.04 Å². The molecule has 19 heavy (non-hydrogen) atoms. The van der Waals surface area contributed by atoms with Crippen LogP contribution in [0.15, 0.2) is 29.8 Å². The van der Waals surface area contributed by atoms with Gasteiger partial charge in [-0.15, -0.1) is 11.3 Å². The van der Waals surface area contributed by atoms with E-state index in [0.717, 1.165) is 0 Å². The van der Waals surface area contributed by atoms with E-state index in [-0.39, 0.29) is 16.4 Å². The maximum Gasteiger partial charge on any atom is 0.331 e. The summed E-state index contributed by atoms with van der Waals surface area (Å²) in [5.74, 6) is -0.857. The lowest BCUT2D eigenvalue weighted by Gasteiger charge is -2.14. The maximum atomic E-state index is 11.3. The average molecular weight is 294 g/mol. The molecule has 0 bridgehead atoms. The van der Waals surface area contributed by atoms with Crippen LogP contribution in [0.1, 0.15) is 16.5 Å². The fourth-order valence-electron chi connectivity index (χ4n) is 1.48. The molecule has 2 N–H and O–H groups in total. The molecule has 1 atom stereocenters. The van der Waals surface area contributed by atoms with E-state index in [4.69, 9.17) is 16.9 Å². The van der Waals surface area contributed by atoms with Gasteiger partial charge in [0.25, 0.3) is 0 Å². The predicted octanol–water partition coefficient (Wildman–Crippen LogP) is 2.91. The number of aliphatic carboxylic acids is 1. The minimum Gasteiger partial charge on any atom is -0.479 e. The van der Waals surface area contributed by atoms with Gasteiger partial charge in [-0.05, 0) is 17.5 Å². The van der Waals surface area contributed by atoms with Crippen LogP contribution in [0.4, 0.5) is 5.82 Å². The first-order valence-electron chi connectivity index (χ1n) is 5.21. The Morgan fingerprint density at radius 1 is 1.58 bits per heavy atom. The molecular formula is C12H8ClN3O2S. The molecule has 2 aromatic heterocycles. The van der Waals surface area contributed by atoms with Crippen LogP contribution < -0.4 is 5.32 Å². The molecule has 0 aromatic carbocycles. The predicted molar refractivity (Wildman–Crippen MR) is 72.3 cm³/mol. The number of rotatable bonds is 4. The van der Waals surface area contributed by atoms with Gasteiger partial charge < -0.3 is 10.4 Å². The lowest BCUT2D eigenvalue weighted by molar-refractivity contribution is -0.138. The Morgan fingerprint density at radius 2 is 2.37 bits per heavy atom. The summed E-state index contributed by atoms with van der Waals surface area (Å²) < 4.78 is 0. The molecule has 0 aliphatic heterocycles. The molecule has 2 aromatic rings. The summed E-state index contributed by atoms with van der Waals surface area (Å²) in [7, 11) is 0. The highest BCUT2D eigenvalue weighted by molar-refractivity contribution is 7.10. The summed E-state index contributed by atoms with van der Waals surface area (Å²) in [6.45, 7) is 0. The summed E-state index contributed by atoms with van der Waals surface area (Å²) in [6.07, 6.45) is 1.40. The molecule has 0 aliphatic rings. The molecule has 0 spiro atoms. The third-order valence-electron chi connectivity index (χ3n) is 2.37. The number of carboxylic acids is 1. The number of nitriles is 1. The normalized spacial score (nSPS) is 11.6. The van der Waals surface area contributed by atoms with Crippen LogP contribution in [0.3, 0.4) is 0 Å². The number of nitrogens with zero attached hydrogens (tertiary/aromatic N) is 2. The number of halogens is 1. The summed E-state index contributed by atoms with van der Waals surface area (Å²) in [4.78, 5) is 15.9. The van der Waals surface area contributed by atoms with Crippen molar-refractivity contribution < 1.29 is 9.90 Å². The van der Waals surface area contributed by atoms with E-state index in [2.05, 4.69) is 10.3 Å². The molecular weight excluding hydrogens is 286 g/mol. The summed E-state index contributed by atoms with van der Waals surface area (Å²) in [5.41, 5.74) is 0.245. The molecule has 2 rings (SSSR count). The third-order valence-corrected chi connectivity index (χ3v) is 3.69. The van der Waals surface area contributed by atoms with Crippen molar-refractivity contribution >= 4 is 34.7 Å². The average Bonchev–Trinajstić information content (AvgIpc) is 2.90. The highest BCUT2D eigenvalue weighted by Gasteiger charge is 2.22. The van der Waals surface area contributed by atoms with Crippen molar-refractivity contribution in [3.05, 3.63) is 45.2 Å². The smallest absolute Gasteiger partial charge is 0.331 e. The molecule has 0 saturated heterocycles. The van der Waals surface area contributed by atoms with Crippen molar-refractivity contribution in [2.75, 3.05) is 5.32 Å². The van der Waals surface area contributed by atoms with Gasteiger partial charge >= 0.3 is 5.97 Å². The molecule has 1 unspecified atom stereocenters. The molecule has 5 nitrogen and oxygen atoms in total. The van der Waals surface area contributed by atoms with Crippen LogP contribution in [-0.4, -0.2) is 16.1 Å². The van der Waals surface area contributed by atoms with E-state index >= 15 is 0 Å². The van der Waals surface area contributed by atoms with Crippen LogP contribution in [0.5, 0.6) is 0 Å². The second-order valence-corrected chi connectivity index (χ2v) is 4.92. The van der Waals surface area contributed by atoms with E-state index in [1.54, 1.807) is 17.5 Å². The Labute approximate surface area is 118 Å². The van der Waals surface area contributed by atoms with Crippen LogP contribution in [-0.2, 0) is 4.79 Å². The monoisotopic (exact) mass is 293 g/mol. The molecule has 96 valence electrons. The Bertz CT molecular complexity index is 637. The number of anilines is 1. The highest BCUT2D eigenvalue weighted by atomic mass is 35.5. The number of pyridine rings is 1. The standard InChI is InChI=1S/C12H8ClN3O2S/c13-9-7(6-14)3-4-15-11(9)16-10(12(17)18)8-2-1-5-19-8/h1-5,10H,(H,15,16)(H,17,18). The van der Waals surface area contributed by atoms with Crippen molar-refractivity contribution in [2.24, 2.45) is 0 Å². The van der Waals surface area contributed by atoms with Crippen LogP contribution in [0.2, 0.25) is 5.02 Å². The lowest BCUT2D eigenvalue weighted by atomic mass is 10.2. The Hall–Kier alpha value is -2.10. The number of carbonyl (C=O) groups is 1. The largest absolute Gasteiger partial charge is 0.479 e. The number of thiophene rings is 1. The second kappa shape index (κ2) is 5.69. The zero-order valence-electron chi connectivity index (χ0n) is 9.50. The first kappa shape index (κ1) is 13.3. The topological polar surface area (TPSA) is 86.0 Å². The van der Waals surface area contributed by atoms with Crippen molar-refractivity contribution in [2.45, 2.75) is 6.04 Å². The minimum absolute atomic E-state index is 0.118. The second-order valence-electron chi connectivity index (χ2n) is 3.56. The molecule has 0 fully saturated rings. The molecule has 0 aliphatic carbocycles. The van der Waals surface area contributed by atoms with Gasteiger partial charge in [0, 0.05) is 11.1 Å². The van der Waals surface area contributed by atoms with E-state index in [0.29, 0.717) is 4.88 Å². The molecule has 0 saturated carbocycles. The number of hydrogen-bond acceptors (Lipinski definition) is 5. The zero-order chi connectivity index (χ0) is 13.8. The van der Waals surface area contributed by atoms with Crippen LogP contribution in [0.25, 0.3) is 0 Å². The summed E-state index contributed by atoms with van der Waals surface area (Å²) in [6, 6.07) is 5.91. The number of carboxylic acid groups (broad SMARTS) is 1. The van der Waals surface area contributed by atoms with Gasteiger partial charge in [0.1, 0.15) is 16.9 Å². The molecule has 7 heteroatoms. The Morgan fingerprint density at radius 3 is 2.95 bits per heavy atom. The number of nitrogens with one attached hydrogen (secondary N) is 1. The number of hydrogen-bond donors (Lipinski definition) is 2. The Balaban J connectivity index is 2.34. The van der Waals surface area contributed by atoms with Crippen LogP contribution >= 0.6 is 22.9 Å². The number of aromatic nitrogens is 1. The van der Waals surface area contributed by atoms with Gasteiger partial charge in [-0.2, -0.15) is 5.26 Å². The minimum atomic E-state index is -1.04. The summed E-state index contributed by atoms with van der Waals surface area (Å²) in [5, 5.41) is 22.7. The van der Waals surface area contributed by atoms with Crippen LogP contribution in [0, 0.1) is 11.3 Å². The van der Waals surface area contributed by atoms with Gasteiger partial charge in [-0.3, -0.25) is 0 Å². The summed E-state index contributed by atoms with van der Waals surface area (Å²) >= 11 is 7.30. The maximum absolute atomic E-state index is 11.3. The highest BCUT2D eigenvalue weighted by Crippen LogP contribution is 2.28. The van der Waals surface area contributed by atoms with Crippen molar-refractivity contribution in [1.29, 1.82) is 5.26 Å². The fourth-order valence-corrected chi connectivity index (χ4v) is 2.45. The molecule has 0 amide bonds. The van der Waals surface area contributed by atoms with Gasteiger partial charge in [0.2, 0.25) is 0 Å². The van der Waals surface area contributed by atoms with E-state index in [1.807, 2.05) is 6.07 Å². The van der Waals surface area contributed by atoms with E-state index in [9.17, 15) is 9.90 Å². The quantitative estimate of drug-likeness (QED) is 0.905. The zero-order valence-corrected chi connectivity index (χ0v) is 11.1. The lowest BCUT2D eigenvalue weighted by Crippen LogP contribution is -2.20. The van der Waals surface area contributed by atoms with Gasteiger partial charge in [-0.1, -0.05) is 17.7 Å². The van der Waals surface area contributed by atoms with Gasteiger partial charge in [0.05, 0.1) is 5.56 Å². The van der Waals surface area contributed by atoms with E-state index in [1.165, 1.54) is 23.6 Å². The van der Waals surface area contributed by atoms with Crippen molar-refractivity contribution in [3.8, 4) is 6.07 Å². The third kappa shape index (κ3) is 2.84. The Kier molecular flexibility index (Phi) is 4.00. The van der Waals surface area contributed by atoms with Crippen molar-refractivity contribution in [1.82, 2.24) is 4.98 Å². The fraction of sp³-hybridized carbons (Fsp3) is 0.0833. The first-order valence-corrected chi connectivity index (χ1v) is 6.46. The SMILES string of the molecule is N#Cc1ccnc(NC(C(=O)O)c2cccs2)c1Cl. The van der Waals surface area contributed by atoms with E-state index < -0.39 is 12.0 Å². The van der Waals surface area contributed by atoms with Crippen molar-refractivity contribution in [3.63, 3.8) is 0 Å². The molecule has 2 heterocycles. The first-order chi connectivity index (χ1) is 9.13. The van der Waals surface area contributed by atoms with Gasteiger partial charge in [-0.25, -0.2) is 9.78 Å². The molecule has 0 radical (unpaired) electrons.